The molecule has 2 nitrogen and oxygen atoms in total. The van der Waals surface area contributed by atoms with E-state index in [1.165, 1.54) is 6.07 Å². The molecule has 0 heterocycles. The van der Waals surface area contributed by atoms with Crippen LogP contribution in [0.25, 0.3) is 0 Å². The van der Waals surface area contributed by atoms with Gasteiger partial charge in [0.25, 0.3) is 0 Å². The van der Waals surface area contributed by atoms with Gasteiger partial charge in [-0.25, -0.2) is 4.39 Å². The molecule has 1 aromatic rings. The summed E-state index contributed by atoms with van der Waals surface area (Å²) in [6.07, 6.45) is 2.07. The van der Waals surface area contributed by atoms with Crippen LogP contribution in [0.4, 0.5) is 4.39 Å². The van der Waals surface area contributed by atoms with E-state index in [0.717, 1.165) is 6.54 Å². The molecule has 0 spiro atoms. The van der Waals surface area contributed by atoms with Crippen molar-refractivity contribution in [1.82, 2.24) is 5.32 Å². The fraction of sp³-hybridized carbons (Fsp3) is 0.538. The van der Waals surface area contributed by atoms with Crippen molar-refractivity contribution in [2.75, 3.05) is 19.9 Å². The van der Waals surface area contributed by atoms with Crippen molar-refractivity contribution < 1.29 is 9.13 Å². The number of rotatable bonds is 6. The first kappa shape index (κ1) is 14.3. The van der Waals surface area contributed by atoms with Crippen LogP contribution >= 0.6 is 11.8 Å². The summed E-state index contributed by atoms with van der Waals surface area (Å²) >= 11 is 1.79. The average molecular weight is 257 g/mol. The smallest absolute Gasteiger partial charge is 0.131 e. The second kappa shape index (κ2) is 6.87. The number of nitrogens with one attached hydrogen (secondary N) is 1. The number of methoxy groups -OCH3 is 1. The van der Waals surface area contributed by atoms with Gasteiger partial charge in [0, 0.05) is 23.4 Å². The molecule has 2 unspecified atom stereocenters. The lowest BCUT2D eigenvalue weighted by Crippen LogP contribution is -2.26. The van der Waals surface area contributed by atoms with Crippen molar-refractivity contribution in [2.24, 2.45) is 0 Å². The maximum atomic E-state index is 13.8. The second-order valence-electron chi connectivity index (χ2n) is 4.03. The highest BCUT2D eigenvalue weighted by molar-refractivity contribution is 7.99. The van der Waals surface area contributed by atoms with Gasteiger partial charge in [-0.05, 0) is 25.3 Å². The third kappa shape index (κ3) is 3.89. The van der Waals surface area contributed by atoms with Crippen molar-refractivity contribution in [3.63, 3.8) is 0 Å². The summed E-state index contributed by atoms with van der Waals surface area (Å²) in [5.74, 6) is 0.378. The summed E-state index contributed by atoms with van der Waals surface area (Å²) in [6.45, 7) is 4.94. The van der Waals surface area contributed by atoms with E-state index in [2.05, 4.69) is 18.5 Å². The van der Waals surface area contributed by atoms with Gasteiger partial charge in [-0.15, -0.1) is 0 Å². The molecule has 0 aliphatic heterocycles. The molecule has 1 aromatic carbocycles. The van der Waals surface area contributed by atoms with Crippen molar-refractivity contribution >= 4 is 11.8 Å². The van der Waals surface area contributed by atoms with Crippen molar-refractivity contribution in [3.05, 3.63) is 29.6 Å². The Morgan fingerprint density at radius 2 is 2.12 bits per heavy atom. The Hall–Kier alpha value is -0.740. The predicted molar refractivity (Wildman–Crippen MR) is 72.3 cm³/mol. The Morgan fingerprint density at radius 1 is 1.41 bits per heavy atom. The first-order valence-corrected chi connectivity index (χ1v) is 6.97. The molecule has 96 valence electrons. The predicted octanol–water partition coefficient (Wildman–Crippen LogP) is 3.24. The Kier molecular flexibility index (Phi) is 5.78. The molecular weight excluding hydrogens is 237 g/mol. The number of hydrogen-bond acceptors (Lipinski definition) is 3. The number of benzene rings is 1. The highest BCUT2D eigenvalue weighted by atomic mass is 32.2. The van der Waals surface area contributed by atoms with Crippen LogP contribution in [-0.4, -0.2) is 25.2 Å². The third-order valence-electron chi connectivity index (χ3n) is 2.78. The molecule has 0 saturated carbocycles. The third-order valence-corrected chi connectivity index (χ3v) is 3.75. The molecule has 0 aliphatic rings. The van der Waals surface area contributed by atoms with Gasteiger partial charge in [0.05, 0.1) is 7.11 Å². The average Bonchev–Trinajstić information content (AvgIpc) is 2.34. The van der Waals surface area contributed by atoms with Crippen LogP contribution in [0, 0.1) is 5.82 Å². The number of ether oxygens (including phenoxy) is 1. The zero-order valence-corrected chi connectivity index (χ0v) is 11.6. The highest BCUT2D eigenvalue weighted by Gasteiger charge is 2.16. The summed E-state index contributed by atoms with van der Waals surface area (Å²) in [7, 11) is 1.56. The van der Waals surface area contributed by atoms with E-state index in [-0.39, 0.29) is 11.9 Å². The second-order valence-corrected chi connectivity index (χ2v) is 5.31. The van der Waals surface area contributed by atoms with E-state index < -0.39 is 0 Å². The van der Waals surface area contributed by atoms with E-state index in [9.17, 15) is 4.39 Å². The normalized spacial score (nSPS) is 14.4. The minimum Gasteiger partial charge on any atom is -0.496 e. The van der Waals surface area contributed by atoms with E-state index in [4.69, 9.17) is 4.74 Å². The van der Waals surface area contributed by atoms with Crippen LogP contribution in [-0.2, 0) is 0 Å². The Balaban J connectivity index is 2.77. The van der Waals surface area contributed by atoms with Crippen LogP contribution in [0.3, 0.4) is 0 Å². The van der Waals surface area contributed by atoms with E-state index >= 15 is 0 Å². The summed E-state index contributed by atoms with van der Waals surface area (Å²) in [6, 6.07) is 4.86. The summed E-state index contributed by atoms with van der Waals surface area (Å²) in [5, 5.41) is 3.83. The van der Waals surface area contributed by atoms with E-state index in [1.54, 1.807) is 31.0 Å². The molecule has 17 heavy (non-hydrogen) atoms. The standard InChI is InChI=1S/C13H20FNOS/c1-9(17-4)8-15-10(2)13-11(14)6-5-7-12(13)16-3/h5-7,9-10,15H,8H2,1-4H3. The molecule has 1 rings (SSSR count). The lowest BCUT2D eigenvalue weighted by atomic mass is 10.1. The van der Waals surface area contributed by atoms with Crippen LogP contribution in [0.1, 0.15) is 25.5 Å². The van der Waals surface area contributed by atoms with Gasteiger partial charge in [-0.3, -0.25) is 0 Å². The molecule has 0 aromatic heterocycles. The van der Waals surface area contributed by atoms with Gasteiger partial charge in [-0.1, -0.05) is 13.0 Å². The first-order chi connectivity index (χ1) is 8.10. The monoisotopic (exact) mass is 257 g/mol. The SMILES string of the molecule is COc1cccc(F)c1C(C)NCC(C)SC. The quantitative estimate of drug-likeness (QED) is 0.845. The van der Waals surface area contributed by atoms with E-state index in [0.29, 0.717) is 16.6 Å². The number of halogens is 1. The van der Waals surface area contributed by atoms with Gasteiger partial charge in [-0.2, -0.15) is 11.8 Å². The zero-order chi connectivity index (χ0) is 12.8. The minimum absolute atomic E-state index is 0.0549. The summed E-state index contributed by atoms with van der Waals surface area (Å²) < 4.78 is 19.0. The van der Waals surface area contributed by atoms with Crippen LogP contribution < -0.4 is 10.1 Å². The molecule has 0 bridgehead atoms. The van der Waals surface area contributed by atoms with Crippen LogP contribution in [0.2, 0.25) is 0 Å². The fourth-order valence-electron chi connectivity index (χ4n) is 1.64. The van der Waals surface area contributed by atoms with Gasteiger partial charge in [0.2, 0.25) is 0 Å². The molecule has 2 atom stereocenters. The van der Waals surface area contributed by atoms with Gasteiger partial charge in [0.1, 0.15) is 11.6 Å². The van der Waals surface area contributed by atoms with Crippen molar-refractivity contribution in [1.29, 1.82) is 0 Å². The highest BCUT2D eigenvalue weighted by Crippen LogP contribution is 2.27. The Labute approximate surface area is 107 Å². The molecule has 0 saturated heterocycles. The largest absolute Gasteiger partial charge is 0.496 e. The Bertz CT molecular complexity index is 359. The molecule has 0 fully saturated rings. The lowest BCUT2D eigenvalue weighted by molar-refractivity contribution is 0.394. The molecule has 0 radical (unpaired) electrons. The van der Waals surface area contributed by atoms with Crippen molar-refractivity contribution in [2.45, 2.75) is 25.1 Å². The van der Waals surface area contributed by atoms with E-state index in [1.807, 2.05) is 6.92 Å². The maximum Gasteiger partial charge on any atom is 0.131 e. The molecule has 0 amide bonds. The summed E-state index contributed by atoms with van der Waals surface area (Å²) in [4.78, 5) is 0. The lowest BCUT2D eigenvalue weighted by Gasteiger charge is -2.19. The van der Waals surface area contributed by atoms with Crippen molar-refractivity contribution in [3.8, 4) is 5.75 Å². The Morgan fingerprint density at radius 3 is 2.71 bits per heavy atom. The summed E-state index contributed by atoms with van der Waals surface area (Å²) in [5.41, 5.74) is 0.600. The number of thioether (sulfide) groups is 1. The molecule has 0 aliphatic carbocycles. The first-order valence-electron chi connectivity index (χ1n) is 5.68. The molecule has 1 N–H and O–H groups in total. The van der Waals surface area contributed by atoms with Crippen LogP contribution in [0.15, 0.2) is 18.2 Å². The minimum atomic E-state index is -0.221. The fourth-order valence-corrected chi connectivity index (χ4v) is 1.91. The topological polar surface area (TPSA) is 21.3 Å². The van der Waals surface area contributed by atoms with Gasteiger partial charge in [0.15, 0.2) is 0 Å². The maximum absolute atomic E-state index is 13.8. The molecule has 4 heteroatoms. The van der Waals surface area contributed by atoms with Gasteiger partial charge >= 0.3 is 0 Å². The zero-order valence-electron chi connectivity index (χ0n) is 10.8. The van der Waals surface area contributed by atoms with Gasteiger partial charge < -0.3 is 10.1 Å². The number of hydrogen-bond donors (Lipinski definition) is 1. The van der Waals surface area contributed by atoms with Crippen LogP contribution in [0.5, 0.6) is 5.75 Å². The molecular formula is C13H20FNOS.